The van der Waals surface area contributed by atoms with Gasteiger partial charge in [0.05, 0.1) is 28.7 Å². The summed E-state index contributed by atoms with van der Waals surface area (Å²) in [5, 5.41) is 22.3. The van der Waals surface area contributed by atoms with Crippen molar-refractivity contribution in [2.75, 3.05) is 37.4 Å². The number of rotatable bonds is 10. The molecule has 4 aromatic heterocycles. The fraction of sp³-hybridized carbons (Fsp3) is 0.125. The van der Waals surface area contributed by atoms with Gasteiger partial charge in [-0.2, -0.15) is 4.98 Å². The highest BCUT2D eigenvalue weighted by atomic mass is 79.9. The largest absolute Gasteiger partial charge is 0.491 e. The fourth-order valence-electron chi connectivity index (χ4n) is 4.11. The minimum absolute atomic E-state index is 0.0104. The molecule has 26 heteroatoms. The third-order valence-corrected chi connectivity index (χ3v) is 10.2. The number of sulfone groups is 2. The summed E-state index contributed by atoms with van der Waals surface area (Å²) in [6.45, 7) is 0. The second-order valence-electron chi connectivity index (χ2n) is 11.1. The molecule has 0 atom stereocenters. The summed E-state index contributed by atoms with van der Waals surface area (Å²) in [5.74, 6) is -1.05. The molecule has 4 heterocycles. The van der Waals surface area contributed by atoms with Crippen molar-refractivity contribution in [3.8, 4) is 23.1 Å². The maximum atomic E-state index is 13.3. The highest BCUT2D eigenvalue weighted by Gasteiger charge is 2.20. The Morgan fingerprint density at radius 1 is 0.672 bits per heavy atom. The lowest BCUT2D eigenvalue weighted by molar-refractivity contribution is 0.379. The van der Waals surface area contributed by atoms with Gasteiger partial charge in [0.1, 0.15) is 11.6 Å². The van der Waals surface area contributed by atoms with Crippen LogP contribution in [0, 0.1) is 11.6 Å². The number of halogens is 5. The number of nitrogens with zero attached hydrogens (tertiary/aromatic N) is 8. The second kappa shape index (κ2) is 20.0. The molecule has 0 radical (unpaired) electrons. The van der Waals surface area contributed by atoms with Crippen LogP contribution in [-0.4, -0.2) is 101 Å². The summed E-state index contributed by atoms with van der Waals surface area (Å²) in [7, 11) is -5.85. The lowest BCUT2D eigenvalue weighted by atomic mass is 9.83. The predicted octanol–water partition coefficient (Wildman–Crippen LogP) is 4.23. The number of benzene rings is 2. The first-order chi connectivity index (χ1) is 27.3. The molecule has 0 saturated heterocycles. The Kier molecular flexibility index (Phi) is 15.6. The molecule has 304 valence electrons. The van der Waals surface area contributed by atoms with Crippen molar-refractivity contribution in [1.29, 1.82) is 0 Å². The zero-order valence-corrected chi connectivity index (χ0v) is 34.9. The topological polar surface area (TPSA) is 254 Å². The highest BCUT2D eigenvalue weighted by molar-refractivity contribution is 9.10. The molecule has 0 unspecified atom stereocenters. The number of aromatic nitrogens is 8. The maximum absolute atomic E-state index is 13.3. The Morgan fingerprint density at radius 3 is 1.52 bits per heavy atom. The lowest BCUT2D eigenvalue weighted by Gasteiger charge is -2.10. The monoisotopic (exact) mass is 942 g/mol. The van der Waals surface area contributed by atoms with Crippen molar-refractivity contribution in [3.63, 3.8) is 0 Å². The number of anilines is 4. The smallest absolute Gasteiger partial charge is 0.467 e. The molecule has 2 aromatic carbocycles. The van der Waals surface area contributed by atoms with Gasteiger partial charge < -0.3 is 30.2 Å². The van der Waals surface area contributed by atoms with Crippen molar-refractivity contribution in [3.05, 3.63) is 99.7 Å². The first kappa shape index (κ1) is 45.5. The van der Waals surface area contributed by atoms with E-state index in [1.54, 1.807) is 0 Å². The van der Waals surface area contributed by atoms with E-state index < -0.39 is 38.4 Å². The van der Waals surface area contributed by atoms with E-state index in [4.69, 9.17) is 38.0 Å². The van der Waals surface area contributed by atoms with Gasteiger partial charge in [-0.3, -0.25) is 0 Å². The van der Waals surface area contributed by atoms with Gasteiger partial charge in [-0.15, -0.1) is 0 Å². The fourth-order valence-corrected chi connectivity index (χ4v) is 7.03. The molecule has 0 bridgehead atoms. The number of ether oxygens (including phenoxy) is 2. The Balaban J connectivity index is 0.000000210. The van der Waals surface area contributed by atoms with E-state index in [1.807, 2.05) is 0 Å². The van der Waals surface area contributed by atoms with Crippen LogP contribution in [0.2, 0.25) is 10.0 Å². The van der Waals surface area contributed by atoms with Crippen molar-refractivity contribution >= 4 is 94.7 Å². The van der Waals surface area contributed by atoms with Crippen molar-refractivity contribution in [1.82, 2.24) is 39.9 Å². The lowest BCUT2D eigenvalue weighted by Crippen LogP contribution is -2.30. The van der Waals surface area contributed by atoms with Crippen LogP contribution in [0.15, 0.2) is 88.1 Å². The van der Waals surface area contributed by atoms with E-state index >= 15 is 0 Å². The van der Waals surface area contributed by atoms with E-state index in [0.29, 0.717) is 16.9 Å². The molecule has 6 rings (SSSR count). The van der Waals surface area contributed by atoms with E-state index in [1.165, 1.54) is 87.8 Å². The molecule has 0 aliphatic carbocycles. The second-order valence-corrected chi connectivity index (χ2v) is 16.7. The van der Waals surface area contributed by atoms with Gasteiger partial charge >= 0.3 is 19.1 Å². The number of methoxy groups -OCH3 is 2. The molecule has 58 heavy (non-hydrogen) atoms. The van der Waals surface area contributed by atoms with Crippen LogP contribution < -0.4 is 25.6 Å². The van der Waals surface area contributed by atoms with Crippen LogP contribution in [0.5, 0.6) is 12.0 Å². The minimum atomic E-state index is -3.69. The molecule has 0 saturated carbocycles. The molecular weight excluding hydrogens is 916 g/mol. The number of nitrogens with one attached hydrogen (secondary N) is 2. The molecule has 0 aliphatic heterocycles. The van der Waals surface area contributed by atoms with Gasteiger partial charge in [0.25, 0.3) is 0 Å². The number of hydrogen-bond donors (Lipinski definition) is 4. The Bertz CT molecular complexity index is 2610. The predicted molar refractivity (Wildman–Crippen MR) is 213 cm³/mol. The van der Waals surface area contributed by atoms with Crippen LogP contribution in [0.1, 0.15) is 0 Å². The minimum Gasteiger partial charge on any atom is -0.467 e. The highest BCUT2D eigenvalue weighted by Crippen LogP contribution is 2.28. The van der Waals surface area contributed by atoms with Gasteiger partial charge in [-0.05, 0) is 52.3 Å². The molecule has 0 spiro atoms. The molecule has 0 fully saturated rings. The third-order valence-electron chi connectivity index (χ3n) is 6.77. The third kappa shape index (κ3) is 12.9. The Hall–Kier alpha value is -5.24. The summed E-state index contributed by atoms with van der Waals surface area (Å²) in [5.41, 5.74) is 1.74. The normalized spacial score (nSPS) is 10.9. The summed E-state index contributed by atoms with van der Waals surface area (Å²) in [6, 6.07) is 8.25. The molecule has 0 amide bonds. The zero-order chi connectivity index (χ0) is 42.8. The zero-order valence-electron chi connectivity index (χ0n) is 30.1. The summed E-state index contributed by atoms with van der Waals surface area (Å²) in [6.07, 6.45) is 10.1. The van der Waals surface area contributed by atoms with Crippen LogP contribution in [0.3, 0.4) is 0 Å². The van der Waals surface area contributed by atoms with Crippen LogP contribution in [-0.2, 0) is 19.7 Å². The first-order valence-corrected chi connectivity index (χ1v) is 20.9. The summed E-state index contributed by atoms with van der Waals surface area (Å²) < 4.78 is 83.6. The van der Waals surface area contributed by atoms with Crippen molar-refractivity contribution < 1.29 is 45.1 Å². The van der Waals surface area contributed by atoms with Crippen molar-refractivity contribution in [2.45, 2.75) is 10.1 Å². The van der Waals surface area contributed by atoms with Gasteiger partial charge in [0.15, 0.2) is 29.7 Å². The summed E-state index contributed by atoms with van der Waals surface area (Å²) >= 11 is 14.5. The summed E-state index contributed by atoms with van der Waals surface area (Å²) in [4.78, 5) is 31.3. The quantitative estimate of drug-likeness (QED) is 0.111. The molecular formula is C32H28BBrCl2F2N10O8S2. The maximum Gasteiger partial charge on any atom is 0.491 e. The standard InChI is InChI=1S/C16H13ClFN5O3S.C11H8BrClFN3O2S.C5H7BN2O3/c1-26-16-20-6-9(7-21-16)11-8-19-15(23-14(11)27(2,24)25)22-10-3-4-13(18)12(17)5-10;1-20(18,19)10-7(12)5-15-11(17-10)16-6-2-3-9(14)8(13)4-6;1-11-5-7-2-4(3-8-5)6(9)10/h3-8H,1-2H3,(H,19,22,23);2-5H,1H3,(H,15,16,17);2-3,9-10H,1H3. The van der Waals surface area contributed by atoms with Gasteiger partial charge in [-0.1, -0.05) is 23.2 Å². The average Bonchev–Trinajstić information content (AvgIpc) is 3.18. The van der Waals surface area contributed by atoms with Crippen LogP contribution >= 0.6 is 39.1 Å². The van der Waals surface area contributed by atoms with E-state index in [-0.39, 0.29) is 59.5 Å². The van der Waals surface area contributed by atoms with E-state index in [9.17, 15) is 25.6 Å². The molecule has 6 aromatic rings. The molecule has 18 nitrogen and oxygen atoms in total. The van der Waals surface area contributed by atoms with Crippen LogP contribution in [0.25, 0.3) is 11.1 Å². The Labute approximate surface area is 348 Å². The SMILES string of the molecule is COc1ncc(-c2cnc(Nc3ccc(F)c(Cl)c3)nc2S(C)(=O)=O)cn1.COc1ncc(B(O)O)cn1.CS(=O)(=O)c1nc(Nc2ccc(F)c(Cl)c2)ncc1Br. The Morgan fingerprint density at radius 2 is 1.10 bits per heavy atom. The molecule has 0 aliphatic rings. The van der Waals surface area contributed by atoms with Crippen molar-refractivity contribution in [2.24, 2.45) is 0 Å². The van der Waals surface area contributed by atoms with E-state index in [2.05, 4.69) is 71.2 Å². The van der Waals surface area contributed by atoms with Crippen LogP contribution in [0.4, 0.5) is 32.1 Å². The first-order valence-electron chi connectivity index (χ1n) is 15.6. The van der Waals surface area contributed by atoms with E-state index in [0.717, 1.165) is 12.5 Å². The number of hydrogen-bond acceptors (Lipinski definition) is 18. The van der Waals surface area contributed by atoms with Gasteiger partial charge in [0, 0.05) is 77.7 Å². The molecule has 4 N–H and O–H groups in total. The van der Waals surface area contributed by atoms with Gasteiger partial charge in [-0.25, -0.2) is 60.5 Å². The average molecular weight is 944 g/mol. The van der Waals surface area contributed by atoms with Gasteiger partial charge in [0.2, 0.25) is 11.9 Å².